The molecule has 1 aromatic heterocycles. The highest BCUT2D eigenvalue weighted by molar-refractivity contribution is 6.03. The summed E-state index contributed by atoms with van der Waals surface area (Å²) in [5.74, 6) is -1.54. The zero-order valence-electron chi connectivity index (χ0n) is 11.9. The van der Waals surface area contributed by atoms with Crippen LogP contribution >= 0.6 is 0 Å². The molecule has 0 unspecified atom stereocenters. The summed E-state index contributed by atoms with van der Waals surface area (Å²) >= 11 is 0. The number of hydrogen-bond donors (Lipinski definition) is 1. The molecule has 0 aliphatic rings. The van der Waals surface area contributed by atoms with Crippen molar-refractivity contribution in [2.75, 3.05) is 19.4 Å². The van der Waals surface area contributed by atoms with Gasteiger partial charge in [-0.05, 0) is 24.3 Å². The SMILES string of the molecule is CN(C)C(=O)c1cccc(NC(=O)c2ccc([N+](=O)[O-])o2)c1. The topological polar surface area (TPSA) is 106 Å². The zero-order valence-corrected chi connectivity index (χ0v) is 11.9. The van der Waals surface area contributed by atoms with Gasteiger partial charge in [-0.3, -0.25) is 19.7 Å². The lowest BCUT2D eigenvalue weighted by molar-refractivity contribution is -0.402. The van der Waals surface area contributed by atoms with Gasteiger partial charge >= 0.3 is 5.88 Å². The van der Waals surface area contributed by atoms with E-state index in [1.165, 1.54) is 17.0 Å². The van der Waals surface area contributed by atoms with Crippen molar-refractivity contribution < 1.29 is 18.9 Å². The van der Waals surface area contributed by atoms with Crippen molar-refractivity contribution in [3.63, 3.8) is 0 Å². The van der Waals surface area contributed by atoms with Crippen LogP contribution in [0, 0.1) is 10.1 Å². The first-order chi connectivity index (χ1) is 10.4. The van der Waals surface area contributed by atoms with Gasteiger partial charge < -0.3 is 14.6 Å². The molecule has 1 N–H and O–H groups in total. The second-order valence-electron chi connectivity index (χ2n) is 4.63. The number of carbonyl (C=O) groups is 2. The maximum atomic E-state index is 11.9. The van der Waals surface area contributed by atoms with Crippen LogP contribution in [0.3, 0.4) is 0 Å². The van der Waals surface area contributed by atoms with E-state index < -0.39 is 16.7 Å². The second-order valence-corrected chi connectivity index (χ2v) is 4.63. The Morgan fingerprint density at radius 1 is 1.23 bits per heavy atom. The number of hydrogen-bond acceptors (Lipinski definition) is 5. The number of nitrogens with zero attached hydrogens (tertiary/aromatic N) is 2. The van der Waals surface area contributed by atoms with Crippen molar-refractivity contribution in [3.8, 4) is 0 Å². The summed E-state index contributed by atoms with van der Waals surface area (Å²) in [7, 11) is 3.24. The summed E-state index contributed by atoms with van der Waals surface area (Å²) in [6.45, 7) is 0. The first-order valence-electron chi connectivity index (χ1n) is 6.26. The quantitative estimate of drug-likeness (QED) is 0.688. The highest BCUT2D eigenvalue weighted by Gasteiger charge is 2.17. The van der Waals surface area contributed by atoms with E-state index in [9.17, 15) is 19.7 Å². The Bertz CT molecular complexity index is 736. The Morgan fingerprint density at radius 2 is 1.95 bits per heavy atom. The van der Waals surface area contributed by atoms with Gasteiger partial charge in [-0.1, -0.05) is 6.07 Å². The summed E-state index contributed by atoms with van der Waals surface area (Å²) in [5, 5.41) is 13.0. The number of rotatable bonds is 4. The fraction of sp³-hybridized carbons (Fsp3) is 0.143. The summed E-state index contributed by atoms with van der Waals surface area (Å²) in [4.78, 5) is 35.0. The fourth-order valence-electron chi connectivity index (χ4n) is 1.73. The van der Waals surface area contributed by atoms with Crippen molar-refractivity contribution in [2.24, 2.45) is 0 Å². The molecule has 8 heteroatoms. The lowest BCUT2D eigenvalue weighted by atomic mass is 10.2. The monoisotopic (exact) mass is 303 g/mol. The molecule has 0 atom stereocenters. The van der Waals surface area contributed by atoms with Crippen LogP contribution in [0.25, 0.3) is 0 Å². The smallest absolute Gasteiger partial charge is 0.395 e. The molecule has 114 valence electrons. The van der Waals surface area contributed by atoms with Gasteiger partial charge in [-0.25, -0.2) is 0 Å². The molecule has 1 heterocycles. The Hall–Kier alpha value is -3.16. The number of anilines is 1. The first kappa shape index (κ1) is 15.2. The van der Waals surface area contributed by atoms with E-state index in [0.717, 1.165) is 6.07 Å². The first-order valence-corrected chi connectivity index (χ1v) is 6.26. The average Bonchev–Trinajstić information content (AvgIpc) is 2.96. The Balaban J connectivity index is 2.16. The molecule has 22 heavy (non-hydrogen) atoms. The van der Waals surface area contributed by atoms with E-state index in [0.29, 0.717) is 11.3 Å². The predicted octanol–water partition coefficient (Wildman–Crippen LogP) is 2.14. The molecule has 0 fully saturated rings. The van der Waals surface area contributed by atoms with Crippen LogP contribution in [0.5, 0.6) is 0 Å². The van der Waals surface area contributed by atoms with Gasteiger partial charge in [0.1, 0.15) is 4.92 Å². The van der Waals surface area contributed by atoms with E-state index in [1.807, 2.05) is 0 Å². The largest absolute Gasteiger partial charge is 0.433 e. The maximum Gasteiger partial charge on any atom is 0.433 e. The fourth-order valence-corrected chi connectivity index (χ4v) is 1.73. The summed E-state index contributed by atoms with van der Waals surface area (Å²) in [6.07, 6.45) is 0. The van der Waals surface area contributed by atoms with Gasteiger partial charge in [-0.15, -0.1) is 0 Å². The Kier molecular flexibility index (Phi) is 4.21. The van der Waals surface area contributed by atoms with Crippen molar-refractivity contribution >= 4 is 23.4 Å². The number of benzene rings is 1. The number of furan rings is 1. The molecule has 1 aromatic carbocycles. The third-order valence-corrected chi connectivity index (χ3v) is 2.77. The van der Waals surface area contributed by atoms with Crippen LogP contribution < -0.4 is 5.32 Å². The minimum absolute atomic E-state index is 0.184. The van der Waals surface area contributed by atoms with Gasteiger partial charge in [-0.2, -0.15) is 0 Å². The van der Waals surface area contributed by atoms with E-state index in [2.05, 4.69) is 5.32 Å². The molecule has 2 amide bonds. The number of amides is 2. The van der Waals surface area contributed by atoms with E-state index in [1.54, 1.807) is 32.3 Å². The van der Waals surface area contributed by atoms with Crippen molar-refractivity contribution in [2.45, 2.75) is 0 Å². The molecule has 8 nitrogen and oxygen atoms in total. The molecular formula is C14H13N3O5. The lowest BCUT2D eigenvalue weighted by Gasteiger charge is -2.11. The molecule has 0 saturated carbocycles. The second kappa shape index (κ2) is 6.08. The minimum atomic E-state index is -0.729. The van der Waals surface area contributed by atoms with Crippen LogP contribution in [-0.2, 0) is 0 Å². The lowest BCUT2D eigenvalue weighted by Crippen LogP contribution is -2.21. The van der Waals surface area contributed by atoms with Crippen molar-refractivity contribution in [3.05, 3.63) is 57.8 Å². The summed E-state index contributed by atoms with van der Waals surface area (Å²) in [5.41, 5.74) is 0.796. The van der Waals surface area contributed by atoms with E-state index in [4.69, 9.17) is 4.42 Å². The van der Waals surface area contributed by atoms with Crippen LogP contribution in [0.15, 0.2) is 40.8 Å². The highest BCUT2D eigenvalue weighted by Crippen LogP contribution is 2.18. The van der Waals surface area contributed by atoms with Gasteiger partial charge in [0, 0.05) is 25.3 Å². The van der Waals surface area contributed by atoms with Crippen molar-refractivity contribution in [1.29, 1.82) is 0 Å². The number of nitro groups is 1. The molecule has 0 aliphatic heterocycles. The van der Waals surface area contributed by atoms with Gasteiger partial charge in [0.15, 0.2) is 5.76 Å². The minimum Gasteiger partial charge on any atom is -0.395 e. The van der Waals surface area contributed by atoms with Gasteiger partial charge in [0.2, 0.25) is 0 Å². The highest BCUT2D eigenvalue weighted by atomic mass is 16.6. The van der Waals surface area contributed by atoms with Crippen LogP contribution in [-0.4, -0.2) is 35.7 Å². The average molecular weight is 303 g/mol. The third kappa shape index (κ3) is 3.29. The van der Waals surface area contributed by atoms with Crippen LogP contribution in [0.1, 0.15) is 20.9 Å². The van der Waals surface area contributed by atoms with Crippen LogP contribution in [0.2, 0.25) is 0 Å². The molecule has 0 aliphatic carbocycles. The Labute approximate surface area is 125 Å². The van der Waals surface area contributed by atoms with E-state index in [-0.39, 0.29) is 11.7 Å². The third-order valence-electron chi connectivity index (χ3n) is 2.77. The van der Waals surface area contributed by atoms with E-state index >= 15 is 0 Å². The maximum absolute atomic E-state index is 11.9. The van der Waals surface area contributed by atoms with Gasteiger partial charge in [0.25, 0.3) is 11.8 Å². The molecule has 0 radical (unpaired) electrons. The number of nitrogens with one attached hydrogen (secondary N) is 1. The van der Waals surface area contributed by atoms with Crippen molar-refractivity contribution in [1.82, 2.24) is 4.90 Å². The molecule has 0 spiro atoms. The summed E-state index contributed by atoms with van der Waals surface area (Å²) < 4.78 is 4.81. The Morgan fingerprint density at radius 3 is 2.55 bits per heavy atom. The molecule has 0 bridgehead atoms. The molecular weight excluding hydrogens is 290 g/mol. The molecule has 2 rings (SSSR count). The standard InChI is InChI=1S/C14H13N3O5/c1-16(2)14(19)9-4-3-5-10(8-9)15-13(18)11-6-7-12(22-11)17(20)21/h3-8H,1-2H3,(H,15,18). The predicted molar refractivity (Wildman–Crippen MR) is 77.8 cm³/mol. The summed E-state index contributed by atoms with van der Waals surface area (Å²) in [6, 6.07) is 8.66. The molecule has 2 aromatic rings. The normalized spacial score (nSPS) is 10.1. The molecule has 0 saturated heterocycles. The van der Waals surface area contributed by atoms with Gasteiger partial charge in [0.05, 0.1) is 6.07 Å². The number of carbonyl (C=O) groups excluding carboxylic acids is 2. The van der Waals surface area contributed by atoms with Crippen LogP contribution in [0.4, 0.5) is 11.6 Å². The zero-order chi connectivity index (χ0) is 16.3.